The van der Waals surface area contributed by atoms with Gasteiger partial charge in [0.15, 0.2) is 0 Å². The van der Waals surface area contributed by atoms with Crippen molar-refractivity contribution in [2.24, 2.45) is 5.73 Å². The van der Waals surface area contributed by atoms with Gasteiger partial charge >= 0.3 is 0 Å². The first-order valence-electron chi connectivity index (χ1n) is 5.42. The molecule has 3 heterocycles. The lowest BCUT2D eigenvalue weighted by Crippen LogP contribution is -2.00. The van der Waals surface area contributed by atoms with E-state index in [2.05, 4.69) is 36.4 Å². The zero-order valence-electron chi connectivity index (χ0n) is 9.65. The molecule has 0 amide bonds. The molecule has 0 bridgehead atoms. The molecule has 7 nitrogen and oxygen atoms in total. The Hall–Kier alpha value is -1.58. The van der Waals surface area contributed by atoms with Crippen molar-refractivity contribution in [3.8, 4) is 10.7 Å². The molecule has 98 valence electrons. The number of rotatable bonds is 4. The molecule has 2 N–H and O–H groups in total. The number of nitrogens with zero attached hydrogens (tertiary/aromatic N) is 5. The summed E-state index contributed by atoms with van der Waals surface area (Å²) in [5.41, 5.74) is 6.19. The van der Waals surface area contributed by atoms with Crippen molar-refractivity contribution in [1.29, 1.82) is 0 Å². The van der Waals surface area contributed by atoms with Crippen LogP contribution >= 0.6 is 27.3 Å². The molecule has 0 aliphatic heterocycles. The van der Waals surface area contributed by atoms with Gasteiger partial charge in [-0.15, -0.1) is 16.4 Å². The number of hydrogen-bond acceptors (Lipinski definition) is 7. The second-order valence-electron chi connectivity index (χ2n) is 3.73. The van der Waals surface area contributed by atoms with E-state index < -0.39 is 0 Å². The van der Waals surface area contributed by atoms with Crippen molar-refractivity contribution < 1.29 is 4.52 Å². The normalized spacial score (nSPS) is 11.1. The fourth-order valence-corrected chi connectivity index (χ4v) is 2.81. The topological polar surface area (TPSA) is 95.7 Å². The molecular weight excluding hydrogens is 332 g/mol. The van der Waals surface area contributed by atoms with Crippen molar-refractivity contribution in [1.82, 2.24) is 25.1 Å². The molecule has 0 aliphatic carbocycles. The number of thiophene rings is 1. The third-order valence-electron chi connectivity index (χ3n) is 2.35. The molecule has 0 spiro atoms. The van der Waals surface area contributed by atoms with Crippen LogP contribution in [0.5, 0.6) is 0 Å². The van der Waals surface area contributed by atoms with E-state index in [0.29, 0.717) is 24.8 Å². The highest BCUT2D eigenvalue weighted by atomic mass is 79.9. The van der Waals surface area contributed by atoms with Gasteiger partial charge < -0.3 is 10.3 Å². The predicted octanol–water partition coefficient (Wildman–Crippen LogP) is 1.66. The molecule has 19 heavy (non-hydrogen) atoms. The van der Waals surface area contributed by atoms with Crippen LogP contribution in [0.15, 0.2) is 26.6 Å². The average Bonchev–Trinajstić information content (AvgIpc) is 3.10. The highest BCUT2D eigenvalue weighted by Crippen LogP contribution is 2.29. The minimum absolute atomic E-state index is 0.359. The number of aromatic nitrogens is 5. The van der Waals surface area contributed by atoms with E-state index in [9.17, 15) is 0 Å². The second kappa shape index (κ2) is 5.19. The van der Waals surface area contributed by atoms with Gasteiger partial charge in [0.2, 0.25) is 11.7 Å². The Morgan fingerprint density at radius 2 is 2.32 bits per heavy atom. The molecule has 0 unspecified atom stereocenters. The van der Waals surface area contributed by atoms with E-state index in [4.69, 9.17) is 10.3 Å². The van der Waals surface area contributed by atoms with E-state index in [1.807, 2.05) is 12.1 Å². The van der Waals surface area contributed by atoms with Crippen LogP contribution in [0.2, 0.25) is 0 Å². The fraction of sp³-hybridized carbons (Fsp3) is 0.200. The van der Waals surface area contributed by atoms with Crippen LogP contribution < -0.4 is 5.73 Å². The fourth-order valence-electron chi connectivity index (χ4n) is 1.50. The summed E-state index contributed by atoms with van der Waals surface area (Å²) in [5.74, 6) is 1.05. The van der Waals surface area contributed by atoms with Crippen molar-refractivity contribution in [3.05, 3.63) is 33.7 Å². The molecular formula is C10H9BrN6OS. The Morgan fingerprint density at radius 3 is 3.00 bits per heavy atom. The number of hydrogen-bond donors (Lipinski definition) is 1. The Kier molecular flexibility index (Phi) is 3.40. The van der Waals surface area contributed by atoms with E-state index in [-0.39, 0.29) is 0 Å². The molecule has 0 aromatic carbocycles. The Bertz CT molecular complexity index is 690. The molecule has 3 aromatic heterocycles. The summed E-state index contributed by atoms with van der Waals surface area (Å²) in [6, 6.07) is 3.88. The van der Waals surface area contributed by atoms with Gasteiger partial charge in [0, 0.05) is 6.54 Å². The monoisotopic (exact) mass is 340 g/mol. The summed E-state index contributed by atoms with van der Waals surface area (Å²) >= 11 is 4.95. The minimum Gasteiger partial charge on any atom is -0.337 e. The lowest BCUT2D eigenvalue weighted by Gasteiger charge is -1.91. The van der Waals surface area contributed by atoms with Crippen LogP contribution in [0.4, 0.5) is 0 Å². The first-order chi connectivity index (χ1) is 9.24. The van der Waals surface area contributed by atoms with Crippen molar-refractivity contribution in [2.75, 3.05) is 0 Å². The van der Waals surface area contributed by atoms with E-state index >= 15 is 0 Å². The summed E-state index contributed by atoms with van der Waals surface area (Å²) in [6.07, 6.45) is 1.76. The van der Waals surface area contributed by atoms with Crippen LogP contribution in [0, 0.1) is 0 Å². The third kappa shape index (κ3) is 2.72. The first kappa shape index (κ1) is 12.5. The molecule has 0 atom stereocenters. The largest absolute Gasteiger partial charge is 0.337 e. The highest BCUT2D eigenvalue weighted by Gasteiger charge is 2.11. The maximum atomic E-state index is 5.47. The van der Waals surface area contributed by atoms with Gasteiger partial charge in [-0.05, 0) is 28.1 Å². The van der Waals surface area contributed by atoms with Gasteiger partial charge in [0.05, 0.1) is 20.6 Å². The first-order valence-corrected chi connectivity index (χ1v) is 7.03. The van der Waals surface area contributed by atoms with Crippen molar-refractivity contribution in [2.45, 2.75) is 13.1 Å². The molecule has 3 rings (SSSR count). The maximum absolute atomic E-state index is 5.47. The molecule has 0 aliphatic rings. The lowest BCUT2D eigenvalue weighted by atomic mass is 10.4. The average molecular weight is 341 g/mol. The SMILES string of the molecule is NCc1cn(Cc2nc(-c3ccc(Br)s3)no2)nn1. The summed E-state index contributed by atoms with van der Waals surface area (Å²) in [4.78, 5) is 5.26. The quantitative estimate of drug-likeness (QED) is 0.775. The van der Waals surface area contributed by atoms with Gasteiger partial charge in [0.1, 0.15) is 6.54 Å². The minimum atomic E-state index is 0.359. The van der Waals surface area contributed by atoms with Gasteiger partial charge in [-0.25, -0.2) is 4.68 Å². The maximum Gasteiger partial charge on any atom is 0.248 e. The highest BCUT2D eigenvalue weighted by molar-refractivity contribution is 9.11. The number of halogens is 1. The molecule has 3 aromatic rings. The summed E-state index contributed by atoms with van der Waals surface area (Å²) in [7, 11) is 0. The van der Waals surface area contributed by atoms with Crippen LogP contribution in [0.25, 0.3) is 10.7 Å². The van der Waals surface area contributed by atoms with Crippen molar-refractivity contribution in [3.63, 3.8) is 0 Å². The predicted molar refractivity (Wildman–Crippen MR) is 72.3 cm³/mol. The van der Waals surface area contributed by atoms with Gasteiger partial charge in [-0.3, -0.25) is 0 Å². The summed E-state index contributed by atoms with van der Waals surface area (Å²) < 4.78 is 7.83. The Morgan fingerprint density at radius 1 is 1.42 bits per heavy atom. The van der Waals surface area contributed by atoms with Crippen LogP contribution in [0.1, 0.15) is 11.6 Å². The van der Waals surface area contributed by atoms with E-state index in [1.54, 1.807) is 22.2 Å². The molecule has 0 saturated heterocycles. The molecule has 0 saturated carbocycles. The van der Waals surface area contributed by atoms with E-state index in [0.717, 1.165) is 14.4 Å². The van der Waals surface area contributed by atoms with Crippen LogP contribution in [-0.2, 0) is 13.1 Å². The van der Waals surface area contributed by atoms with E-state index in [1.165, 1.54) is 0 Å². The molecule has 9 heteroatoms. The number of nitrogens with two attached hydrogens (primary N) is 1. The zero-order chi connectivity index (χ0) is 13.2. The summed E-state index contributed by atoms with van der Waals surface area (Å²) in [5, 5.41) is 11.8. The second-order valence-corrected chi connectivity index (χ2v) is 6.19. The van der Waals surface area contributed by atoms with Gasteiger partial charge in [-0.2, -0.15) is 4.98 Å². The molecule has 0 radical (unpaired) electrons. The third-order valence-corrected chi connectivity index (χ3v) is 3.97. The van der Waals surface area contributed by atoms with Crippen molar-refractivity contribution >= 4 is 27.3 Å². The lowest BCUT2D eigenvalue weighted by molar-refractivity contribution is 0.364. The Labute approximate surface area is 120 Å². The summed E-state index contributed by atoms with van der Waals surface area (Å²) in [6.45, 7) is 0.741. The van der Waals surface area contributed by atoms with Crippen LogP contribution in [0.3, 0.4) is 0 Å². The van der Waals surface area contributed by atoms with Gasteiger partial charge in [0.25, 0.3) is 0 Å². The van der Waals surface area contributed by atoms with Crippen LogP contribution in [-0.4, -0.2) is 25.1 Å². The molecule has 0 fully saturated rings. The standard InChI is InChI=1S/C10H9BrN6OS/c11-8-2-1-7(19-8)10-13-9(18-15-10)5-17-4-6(3-12)14-16-17/h1-2,4H,3,5,12H2. The van der Waals surface area contributed by atoms with Gasteiger partial charge in [-0.1, -0.05) is 10.4 Å². The Balaban J connectivity index is 1.78. The smallest absolute Gasteiger partial charge is 0.248 e. The zero-order valence-corrected chi connectivity index (χ0v) is 12.1.